The van der Waals surface area contributed by atoms with E-state index in [0.29, 0.717) is 5.39 Å². The number of hydrogen-bond acceptors (Lipinski definition) is 3. The normalized spacial score (nSPS) is 16.0. The summed E-state index contributed by atoms with van der Waals surface area (Å²) in [6.07, 6.45) is 5.41. The Morgan fingerprint density at radius 1 is 1.09 bits per heavy atom. The molecule has 3 rings (SSSR count). The molecule has 5 nitrogen and oxygen atoms in total. The molecule has 0 unspecified atom stereocenters. The third-order valence-corrected chi connectivity index (χ3v) is 4.36. The fraction of sp³-hybridized carbons (Fsp3) is 0.412. The van der Waals surface area contributed by atoms with Crippen LogP contribution in [0, 0.1) is 0 Å². The molecule has 1 aliphatic heterocycles. The highest BCUT2D eigenvalue weighted by molar-refractivity contribution is 5.96. The second kappa shape index (κ2) is 6.32. The first-order valence-electron chi connectivity index (χ1n) is 7.81. The van der Waals surface area contributed by atoms with Crippen molar-refractivity contribution in [3.05, 3.63) is 46.2 Å². The SMILES string of the molecule is NC(=O)c1cn(CCN2CCCCC2)c2ccccc2c1=O. The van der Waals surface area contributed by atoms with Gasteiger partial charge in [0.25, 0.3) is 5.91 Å². The van der Waals surface area contributed by atoms with Gasteiger partial charge in [0.1, 0.15) is 5.56 Å². The number of carbonyl (C=O) groups is 1. The molecule has 0 bridgehead atoms. The average Bonchev–Trinajstić information content (AvgIpc) is 2.55. The maximum Gasteiger partial charge on any atom is 0.254 e. The van der Waals surface area contributed by atoms with Gasteiger partial charge < -0.3 is 15.2 Å². The molecule has 0 radical (unpaired) electrons. The van der Waals surface area contributed by atoms with Crippen LogP contribution in [-0.2, 0) is 6.54 Å². The van der Waals surface area contributed by atoms with E-state index < -0.39 is 5.91 Å². The minimum absolute atomic E-state index is 0.0670. The van der Waals surface area contributed by atoms with Crippen LogP contribution in [0.4, 0.5) is 0 Å². The molecule has 2 heterocycles. The molecule has 116 valence electrons. The second-order valence-corrected chi connectivity index (χ2v) is 5.85. The smallest absolute Gasteiger partial charge is 0.254 e. The lowest BCUT2D eigenvalue weighted by Crippen LogP contribution is -2.33. The van der Waals surface area contributed by atoms with Crippen LogP contribution in [0.15, 0.2) is 35.3 Å². The Balaban J connectivity index is 1.95. The zero-order chi connectivity index (χ0) is 15.5. The zero-order valence-electron chi connectivity index (χ0n) is 12.6. The Morgan fingerprint density at radius 2 is 1.82 bits per heavy atom. The van der Waals surface area contributed by atoms with Gasteiger partial charge in [-0.2, -0.15) is 0 Å². The molecular weight excluding hydrogens is 278 g/mol. The number of rotatable bonds is 4. The summed E-state index contributed by atoms with van der Waals surface area (Å²) in [4.78, 5) is 26.3. The minimum Gasteiger partial charge on any atom is -0.365 e. The maximum atomic E-state index is 12.3. The van der Waals surface area contributed by atoms with Crippen molar-refractivity contribution in [2.45, 2.75) is 25.8 Å². The number of nitrogens with two attached hydrogens (primary N) is 1. The minimum atomic E-state index is -0.664. The Morgan fingerprint density at radius 3 is 2.55 bits per heavy atom. The average molecular weight is 299 g/mol. The van der Waals surface area contributed by atoms with E-state index in [1.54, 1.807) is 12.3 Å². The highest BCUT2D eigenvalue weighted by Crippen LogP contribution is 2.13. The Hall–Kier alpha value is -2.14. The van der Waals surface area contributed by atoms with Crippen molar-refractivity contribution in [3.8, 4) is 0 Å². The molecule has 22 heavy (non-hydrogen) atoms. The summed E-state index contributed by atoms with van der Waals surface area (Å²) in [5, 5.41) is 0.553. The first-order valence-corrected chi connectivity index (χ1v) is 7.81. The largest absolute Gasteiger partial charge is 0.365 e. The molecular formula is C17H21N3O2. The molecule has 1 aliphatic rings. The third kappa shape index (κ3) is 2.90. The molecule has 1 amide bonds. The van der Waals surface area contributed by atoms with Crippen LogP contribution in [0.2, 0.25) is 0 Å². The van der Waals surface area contributed by atoms with Gasteiger partial charge in [0.05, 0.1) is 5.52 Å². The van der Waals surface area contributed by atoms with Crippen molar-refractivity contribution in [2.75, 3.05) is 19.6 Å². The van der Waals surface area contributed by atoms with Crippen LogP contribution in [0.3, 0.4) is 0 Å². The number of nitrogens with zero attached hydrogens (tertiary/aromatic N) is 2. The number of amides is 1. The number of para-hydroxylation sites is 1. The lowest BCUT2D eigenvalue weighted by Gasteiger charge is -2.27. The van der Waals surface area contributed by atoms with Crippen molar-refractivity contribution in [2.24, 2.45) is 5.73 Å². The maximum absolute atomic E-state index is 12.3. The van der Waals surface area contributed by atoms with Crippen LogP contribution < -0.4 is 11.2 Å². The molecule has 2 N–H and O–H groups in total. The molecule has 5 heteroatoms. The van der Waals surface area contributed by atoms with Gasteiger partial charge in [-0.05, 0) is 38.1 Å². The number of hydrogen-bond donors (Lipinski definition) is 1. The summed E-state index contributed by atoms with van der Waals surface area (Å²) in [7, 11) is 0. The van der Waals surface area contributed by atoms with Crippen LogP contribution in [0.5, 0.6) is 0 Å². The molecule has 1 aromatic heterocycles. The highest BCUT2D eigenvalue weighted by atomic mass is 16.2. The van der Waals surface area contributed by atoms with Gasteiger partial charge in [-0.25, -0.2) is 0 Å². The summed E-state index contributed by atoms with van der Waals surface area (Å²) in [6, 6.07) is 7.38. The van der Waals surface area contributed by atoms with Crippen molar-refractivity contribution >= 4 is 16.8 Å². The number of likely N-dealkylation sites (tertiary alicyclic amines) is 1. The van der Waals surface area contributed by atoms with Gasteiger partial charge in [0.15, 0.2) is 0 Å². The van der Waals surface area contributed by atoms with Crippen LogP contribution in [0.1, 0.15) is 29.6 Å². The summed E-state index contributed by atoms with van der Waals surface area (Å²) in [6.45, 7) is 3.92. The van der Waals surface area contributed by atoms with E-state index in [2.05, 4.69) is 4.90 Å². The van der Waals surface area contributed by atoms with Crippen molar-refractivity contribution < 1.29 is 4.79 Å². The van der Waals surface area contributed by atoms with Gasteiger partial charge >= 0.3 is 0 Å². The number of aromatic nitrogens is 1. The number of benzene rings is 1. The second-order valence-electron chi connectivity index (χ2n) is 5.85. The first-order chi connectivity index (χ1) is 10.7. The predicted octanol–water partition coefficient (Wildman–Crippen LogP) is 1.59. The molecule has 1 aromatic carbocycles. The summed E-state index contributed by atoms with van der Waals surface area (Å²) in [5.74, 6) is -0.664. The lowest BCUT2D eigenvalue weighted by atomic mass is 10.1. The molecule has 0 atom stereocenters. The van der Waals surface area contributed by atoms with Crippen LogP contribution in [0.25, 0.3) is 10.9 Å². The zero-order valence-corrected chi connectivity index (χ0v) is 12.6. The van der Waals surface area contributed by atoms with Gasteiger partial charge in [0.2, 0.25) is 5.43 Å². The Kier molecular flexibility index (Phi) is 4.24. The Labute approximate surface area is 129 Å². The summed E-state index contributed by atoms with van der Waals surface area (Å²) >= 11 is 0. The van der Waals surface area contributed by atoms with E-state index in [9.17, 15) is 9.59 Å². The fourth-order valence-corrected chi connectivity index (χ4v) is 3.14. The quantitative estimate of drug-likeness (QED) is 0.932. The summed E-state index contributed by atoms with van der Waals surface area (Å²) in [5.41, 5.74) is 5.99. The molecule has 0 saturated carbocycles. The molecule has 0 spiro atoms. The summed E-state index contributed by atoms with van der Waals surface area (Å²) < 4.78 is 1.98. The monoisotopic (exact) mass is 299 g/mol. The molecule has 2 aromatic rings. The fourth-order valence-electron chi connectivity index (χ4n) is 3.14. The topological polar surface area (TPSA) is 68.3 Å². The van der Waals surface area contributed by atoms with Gasteiger partial charge in [-0.3, -0.25) is 9.59 Å². The molecule has 1 saturated heterocycles. The third-order valence-electron chi connectivity index (χ3n) is 4.36. The number of fused-ring (bicyclic) bond motifs is 1. The highest BCUT2D eigenvalue weighted by Gasteiger charge is 2.14. The van der Waals surface area contributed by atoms with E-state index in [4.69, 9.17) is 5.73 Å². The van der Waals surface area contributed by atoms with Gasteiger partial charge in [-0.1, -0.05) is 18.6 Å². The van der Waals surface area contributed by atoms with E-state index in [-0.39, 0.29) is 11.0 Å². The van der Waals surface area contributed by atoms with E-state index >= 15 is 0 Å². The predicted molar refractivity (Wildman–Crippen MR) is 87.0 cm³/mol. The van der Waals surface area contributed by atoms with Crippen LogP contribution in [-0.4, -0.2) is 35.0 Å². The van der Waals surface area contributed by atoms with Crippen molar-refractivity contribution in [1.29, 1.82) is 0 Å². The van der Waals surface area contributed by atoms with Crippen molar-refractivity contribution in [3.63, 3.8) is 0 Å². The molecule has 1 fully saturated rings. The number of piperidine rings is 1. The molecule has 0 aliphatic carbocycles. The standard InChI is InChI=1S/C17H21N3O2/c18-17(22)14-12-20(11-10-19-8-4-1-5-9-19)15-7-3-2-6-13(15)16(14)21/h2-3,6-7,12H,1,4-5,8-11H2,(H2,18,22). The van der Waals surface area contributed by atoms with E-state index in [1.165, 1.54) is 19.3 Å². The van der Waals surface area contributed by atoms with Crippen molar-refractivity contribution in [1.82, 2.24) is 9.47 Å². The lowest BCUT2D eigenvalue weighted by molar-refractivity contribution is 0.0998. The van der Waals surface area contributed by atoms with E-state index in [0.717, 1.165) is 31.7 Å². The van der Waals surface area contributed by atoms with Gasteiger partial charge in [-0.15, -0.1) is 0 Å². The number of primary amides is 1. The first kappa shape index (κ1) is 14.8. The Bertz CT molecular complexity index is 745. The van der Waals surface area contributed by atoms with Crippen LogP contribution >= 0.6 is 0 Å². The van der Waals surface area contributed by atoms with Gasteiger partial charge in [0, 0.05) is 24.7 Å². The number of pyridine rings is 1. The number of carbonyl (C=O) groups excluding carboxylic acids is 1. The van der Waals surface area contributed by atoms with E-state index in [1.807, 2.05) is 22.8 Å².